The summed E-state index contributed by atoms with van der Waals surface area (Å²) in [5, 5.41) is 3.37. The van der Waals surface area contributed by atoms with Gasteiger partial charge in [-0.2, -0.15) is 0 Å². The first-order chi connectivity index (χ1) is 8.79. The highest BCUT2D eigenvalue weighted by Crippen LogP contribution is 2.23. The molecule has 2 nitrogen and oxygen atoms in total. The largest absolute Gasteiger partial charge is 0.492 e. The van der Waals surface area contributed by atoms with E-state index in [-0.39, 0.29) is 5.82 Å². The van der Waals surface area contributed by atoms with E-state index in [1.807, 2.05) is 6.92 Å². The minimum absolute atomic E-state index is 0.219. The van der Waals surface area contributed by atoms with Crippen molar-refractivity contribution < 1.29 is 9.13 Å². The molecular formula is C15H18FNO. The molecule has 0 saturated heterocycles. The molecule has 0 atom stereocenters. The molecule has 1 aromatic carbocycles. The van der Waals surface area contributed by atoms with Crippen LogP contribution in [0, 0.1) is 17.7 Å². The molecule has 1 fully saturated rings. The second kappa shape index (κ2) is 6.42. The van der Waals surface area contributed by atoms with Crippen molar-refractivity contribution in [2.24, 2.45) is 0 Å². The van der Waals surface area contributed by atoms with Crippen molar-refractivity contribution in [1.82, 2.24) is 5.32 Å². The van der Waals surface area contributed by atoms with Gasteiger partial charge in [0.05, 0.1) is 6.61 Å². The van der Waals surface area contributed by atoms with Crippen molar-refractivity contribution in [3.05, 3.63) is 29.6 Å². The van der Waals surface area contributed by atoms with Crippen molar-refractivity contribution in [3.63, 3.8) is 0 Å². The number of hydrogen-bond donors (Lipinski definition) is 1. The van der Waals surface area contributed by atoms with Crippen LogP contribution >= 0.6 is 0 Å². The van der Waals surface area contributed by atoms with Crippen LogP contribution in [0.2, 0.25) is 0 Å². The van der Waals surface area contributed by atoms with Crippen molar-refractivity contribution in [2.75, 3.05) is 6.61 Å². The van der Waals surface area contributed by atoms with Crippen LogP contribution in [0.1, 0.15) is 31.7 Å². The van der Waals surface area contributed by atoms with Crippen LogP contribution in [0.3, 0.4) is 0 Å². The molecule has 0 radical (unpaired) electrons. The van der Waals surface area contributed by atoms with Gasteiger partial charge in [0, 0.05) is 24.6 Å². The maximum atomic E-state index is 13.2. The molecule has 0 aromatic heterocycles. The van der Waals surface area contributed by atoms with Crippen molar-refractivity contribution in [2.45, 2.75) is 38.8 Å². The first-order valence-electron chi connectivity index (χ1n) is 6.34. The van der Waals surface area contributed by atoms with Crippen molar-refractivity contribution >= 4 is 0 Å². The van der Waals surface area contributed by atoms with Crippen molar-refractivity contribution in [1.29, 1.82) is 0 Å². The third-order valence-electron chi connectivity index (χ3n) is 2.84. The van der Waals surface area contributed by atoms with Gasteiger partial charge in [-0.25, -0.2) is 4.39 Å². The average molecular weight is 247 g/mol. The highest BCUT2D eigenvalue weighted by Gasteiger charge is 2.20. The first kappa shape index (κ1) is 12.9. The van der Waals surface area contributed by atoms with E-state index in [1.54, 1.807) is 6.07 Å². The van der Waals surface area contributed by atoms with E-state index in [0.717, 1.165) is 11.3 Å². The summed E-state index contributed by atoms with van der Waals surface area (Å²) in [7, 11) is 0. The van der Waals surface area contributed by atoms with E-state index >= 15 is 0 Å². The molecular weight excluding hydrogens is 229 g/mol. The van der Waals surface area contributed by atoms with Gasteiger partial charge in [0.25, 0.3) is 0 Å². The maximum Gasteiger partial charge on any atom is 0.124 e. The van der Waals surface area contributed by atoms with Gasteiger partial charge in [-0.3, -0.25) is 0 Å². The Hall–Kier alpha value is -1.53. The van der Waals surface area contributed by atoms with Crippen LogP contribution in [0.25, 0.3) is 0 Å². The van der Waals surface area contributed by atoms with Gasteiger partial charge in [-0.1, -0.05) is 0 Å². The Morgan fingerprint density at radius 1 is 1.44 bits per heavy atom. The quantitative estimate of drug-likeness (QED) is 0.616. The summed E-state index contributed by atoms with van der Waals surface area (Å²) in [5.41, 5.74) is 0.881. The zero-order chi connectivity index (χ0) is 12.8. The Labute approximate surface area is 108 Å². The third kappa shape index (κ3) is 4.05. The minimum Gasteiger partial charge on any atom is -0.492 e. The van der Waals surface area contributed by atoms with Gasteiger partial charge in [0.2, 0.25) is 0 Å². The summed E-state index contributed by atoms with van der Waals surface area (Å²) in [6.45, 7) is 3.02. The van der Waals surface area contributed by atoms with Gasteiger partial charge < -0.3 is 10.1 Å². The zero-order valence-electron chi connectivity index (χ0n) is 10.6. The Morgan fingerprint density at radius 3 is 3.00 bits per heavy atom. The van der Waals surface area contributed by atoms with E-state index in [0.29, 0.717) is 25.6 Å². The molecule has 0 unspecified atom stereocenters. The lowest BCUT2D eigenvalue weighted by Gasteiger charge is -2.11. The molecule has 96 valence electrons. The van der Waals surface area contributed by atoms with Gasteiger partial charge in [-0.15, -0.1) is 11.8 Å². The first-order valence-corrected chi connectivity index (χ1v) is 6.34. The highest BCUT2D eigenvalue weighted by molar-refractivity contribution is 5.34. The second-order valence-corrected chi connectivity index (χ2v) is 4.43. The number of halogens is 1. The number of rotatable bonds is 6. The number of hydrogen-bond acceptors (Lipinski definition) is 2. The van der Waals surface area contributed by atoms with E-state index < -0.39 is 0 Å². The molecule has 0 amide bonds. The van der Waals surface area contributed by atoms with Crippen LogP contribution in [0.4, 0.5) is 4.39 Å². The van der Waals surface area contributed by atoms with Crippen LogP contribution in [0.15, 0.2) is 18.2 Å². The Balaban J connectivity index is 1.94. The van der Waals surface area contributed by atoms with Gasteiger partial charge >= 0.3 is 0 Å². The lowest BCUT2D eigenvalue weighted by molar-refractivity contribution is 0.322. The SMILES string of the molecule is CC#CCCOc1ccc(F)cc1CNC1CC1. The summed E-state index contributed by atoms with van der Waals surface area (Å²) in [6, 6.07) is 5.27. The summed E-state index contributed by atoms with van der Waals surface area (Å²) < 4.78 is 18.9. The molecule has 1 aliphatic rings. The standard InChI is InChI=1S/C15H18FNO/c1-2-3-4-9-18-15-8-5-13(16)10-12(15)11-17-14-6-7-14/h5,8,10,14,17H,4,6-7,9,11H2,1H3. The average Bonchev–Trinajstić information content (AvgIpc) is 3.18. The molecule has 2 rings (SSSR count). The second-order valence-electron chi connectivity index (χ2n) is 4.43. The van der Waals surface area contributed by atoms with E-state index in [1.165, 1.54) is 25.0 Å². The van der Waals surface area contributed by atoms with E-state index in [4.69, 9.17) is 4.74 Å². The predicted molar refractivity (Wildman–Crippen MR) is 69.8 cm³/mol. The lowest BCUT2D eigenvalue weighted by Crippen LogP contribution is -2.16. The summed E-state index contributed by atoms with van der Waals surface area (Å²) in [4.78, 5) is 0. The molecule has 1 aliphatic carbocycles. The summed E-state index contributed by atoms with van der Waals surface area (Å²) in [5.74, 6) is 6.30. The Morgan fingerprint density at radius 2 is 2.28 bits per heavy atom. The number of nitrogens with one attached hydrogen (secondary N) is 1. The molecule has 0 spiro atoms. The molecule has 1 N–H and O–H groups in total. The molecule has 18 heavy (non-hydrogen) atoms. The van der Waals surface area contributed by atoms with Crippen LogP contribution < -0.4 is 10.1 Å². The summed E-state index contributed by atoms with van der Waals surface area (Å²) in [6.07, 6.45) is 3.14. The number of ether oxygens (including phenoxy) is 1. The summed E-state index contributed by atoms with van der Waals surface area (Å²) >= 11 is 0. The molecule has 0 aliphatic heterocycles. The minimum atomic E-state index is -0.219. The third-order valence-corrected chi connectivity index (χ3v) is 2.84. The molecule has 0 bridgehead atoms. The number of benzene rings is 1. The highest BCUT2D eigenvalue weighted by atomic mass is 19.1. The molecule has 1 saturated carbocycles. The Kier molecular flexibility index (Phi) is 4.60. The van der Waals surface area contributed by atoms with Gasteiger partial charge in [-0.05, 0) is 38.0 Å². The van der Waals surface area contributed by atoms with Gasteiger partial charge in [0.1, 0.15) is 11.6 Å². The molecule has 0 heterocycles. The monoisotopic (exact) mass is 247 g/mol. The fourth-order valence-corrected chi connectivity index (χ4v) is 1.71. The zero-order valence-corrected chi connectivity index (χ0v) is 10.6. The smallest absolute Gasteiger partial charge is 0.124 e. The topological polar surface area (TPSA) is 21.3 Å². The molecule has 3 heteroatoms. The van der Waals surface area contributed by atoms with Gasteiger partial charge in [0.15, 0.2) is 0 Å². The normalized spacial score (nSPS) is 13.9. The maximum absolute atomic E-state index is 13.2. The van der Waals surface area contributed by atoms with Crippen LogP contribution in [0.5, 0.6) is 5.75 Å². The van der Waals surface area contributed by atoms with E-state index in [9.17, 15) is 4.39 Å². The predicted octanol–water partition coefficient (Wildman–Crippen LogP) is 2.87. The van der Waals surface area contributed by atoms with E-state index in [2.05, 4.69) is 17.2 Å². The molecule has 1 aromatic rings. The Bertz CT molecular complexity index is 457. The van der Waals surface area contributed by atoms with Crippen LogP contribution in [-0.2, 0) is 6.54 Å². The van der Waals surface area contributed by atoms with Crippen LogP contribution in [-0.4, -0.2) is 12.6 Å². The lowest BCUT2D eigenvalue weighted by atomic mass is 10.2. The fraction of sp³-hybridized carbons (Fsp3) is 0.467. The fourth-order valence-electron chi connectivity index (χ4n) is 1.71. The van der Waals surface area contributed by atoms with Crippen molar-refractivity contribution in [3.8, 4) is 17.6 Å².